The average molecular weight is 353 g/mol. The molecule has 0 aliphatic carbocycles. The lowest BCUT2D eigenvalue weighted by Crippen LogP contribution is -2.21. The summed E-state index contributed by atoms with van der Waals surface area (Å²) in [4.78, 5) is 13.3. The van der Waals surface area contributed by atoms with E-state index in [0.717, 1.165) is 5.56 Å². The van der Waals surface area contributed by atoms with Gasteiger partial charge in [0.2, 0.25) is 5.88 Å². The van der Waals surface area contributed by atoms with Gasteiger partial charge in [-0.25, -0.2) is 4.68 Å². The fourth-order valence-corrected chi connectivity index (χ4v) is 2.81. The molecule has 3 rings (SSSR count). The van der Waals surface area contributed by atoms with Crippen molar-refractivity contribution < 1.29 is 22.7 Å². The Balaban J connectivity index is 1.88. The second-order valence-electron chi connectivity index (χ2n) is 6.14. The third-order valence-corrected chi connectivity index (χ3v) is 4.02. The van der Waals surface area contributed by atoms with Gasteiger partial charge < -0.3 is 9.64 Å². The molecular formula is C17H18F3N3O2. The zero-order chi connectivity index (χ0) is 18.2. The fraction of sp³-hybridized carbons (Fsp3) is 0.412. The molecule has 1 aromatic heterocycles. The van der Waals surface area contributed by atoms with E-state index in [1.54, 1.807) is 38.4 Å². The molecule has 0 unspecified atom stereocenters. The summed E-state index contributed by atoms with van der Waals surface area (Å²) in [6.07, 6.45) is -3.65. The Morgan fingerprint density at radius 1 is 1.28 bits per heavy atom. The molecule has 0 bridgehead atoms. The summed E-state index contributed by atoms with van der Waals surface area (Å²) in [5.74, 6) is 0.0535. The Labute approximate surface area is 143 Å². The number of benzene rings is 1. The van der Waals surface area contributed by atoms with Crippen LogP contribution in [0.1, 0.15) is 33.6 Å². The highest BCUT2D eigenvalue weighted by molar-refractivity contribution is 5.93. The number of aromatic nitrogens is 2. The highest BCUT2D eigenvalue weighted by Crippen LogP contribution is 2.38. The first-order valence-electron chi connectivity index (χ1n) is 7.87. The lowest BCUT2D eigenvalue weighted by atomic mass is 10.1. The third-order valence-electron chi connectivity index (χ3n) is 4.02. The van der Waals surface area contributed by atoms with E-state index in [1.807, 2.05) is 0 Å². The highest BCUT2D eigenvalue weighted by Gasteiger charge is 2.40. The fourth-order valence-electron chi connectivity index (χ4n) is 2.81. The number of hydrogen-bond acceptors (Lipinski definition) is 3. The average Bonchev–Trinajstić information content (AvgIpc) is 2.94. The Bertz CT molecular complexity index is 780. The van der Waals surface area contributed by atoms with E-state index in [9.17, 15) is 18.0 Å². The molecule has 2 heterocycles. The van der Waals surface area contributed by atoms with Crippen LogP contribution in [0.5, 0.6) is 5.88 Å². The largest absolute Gasteiger partial charge is 0.478 e. The number of rotatable bonds is 3. The molecular weight excluding hydrogens is 335 g/mol. The maximum Gasteiger partial charge on any atom is 0.435 e. The van der Waals surface area contributed by atoms with E-state index in [2.05, 4.69) is 5.10 Å². The maximum atomic E-state index is 13.2. The van der Waals surface area contributed by atoms with Gasteiger partial charge in [0.15, 0.2) is 5.69 Å². The van der Waals surface area contributed by atoms with Crippen LogP contribution in [-0.4, -0.2) is 41.3 Å². The van der Waals surface area contributed by atoms with E-state index < -0.39 is 11.9 Å². The number of hydrogen-bond donors (Lipinski definition) is 0. The minimum atomic E-state index is -4.50. The zero-order valence-electron chi connectivity index (χ0n) is 13.9. The van der Waals surface area contributed by atoms with Gasteiger partial charge in [-0.3, -0.25) is 4.79 Å². The van der Waals surface area contributed by atoms with E-state index in [0.29, 0.717) is 25.0 Å². The molecule has 0 fully saturated rings. The minimum Gasteiger partial charge on any atom is -0.478 e. The molecule has 5 nitrogen and oxygen atoms in total. The van der Waals surface area contributed by atoms with Crippen LogP contribution < -0.4 is 4.74 Å². The molecule has 25 heavy (non-hydrogen) atoms. The van der Waals surface area contributed by atoms with Crippen LogP contribution in [0.25, 0.3) is 0 Å². The summed E-state index contributed by atoms with van der Waals surface area (Å²) in [5.41, 5.74) is 0.506. The number of ether oxygens (including phenoxy) is 1. The van der Waals surface area contributed by atoms with Gasteiger partial charge in [0.25, 0.3) is 5.91 Å². The first-order chi connectivity index (χ1) is 11.8. The lowest BCUT2D eigenvalue weighted by Gasteiger charge is -2.16. The molecule has 0 spiro atoms. The first kappa shape index (κ1) is 17.3. The van der Waals surface area contributed by atoms with Crippen LogP contribution in [0, 0.1) is 0 Å². The van der Waals surface area contributed by atoms with E-state index >= 15 is 0 Å². The molecule has 0 saturated carbocycles. The van der Waals surface area contributed by atoms with Gasteiger partial charge >= 0.3 is 6.18 Å². The van der Waals surface area contributed by atoms with Crippen molar-refractivity contribution in [2.24, 2.45) is 0 Å². The summed E-state index contributed by atoms with van der Waals surface area (Å²) in [7, 11) is 3.31. The zero-order valence-corrected chi connectivity index (χ0v) is 13.9. The van der Waals surface area contributed by atoms with Gasteiger partial charge in [-0.1, -0.05) is 12.1 Å². The van der Waals surface area contributed by atoms with Crippen molar-refractivity contribution >= 4 is 5.91 Å². The Morgan fingerprint density at radius 3 is 2.56 bits per heavy atom. The molecule has 1 aromatic carbocycles. The van der Waals surface area contributed by atoms with Gasteiger partial charge in [0.1, 0.15) is 0 Å². The number of amides is 1. The third kappa shape index (κ3) is 3.47. The van der Waals surface area contributed by atoms with E-state index in [1.165, 1.54) is 9.58 Å². The van der Waals surface area contributed by atoms with Gasteiger partial charge in [-0.2, -0.15) is 18.3 Å². The minimum absolute atomic E-state index is 0.123. The number of carbonyl (C=O) groups excluding carboxylic acids is 1. The molecule has 134 valence electrons. The predicted molar refractivity (Wildman–Crippen MR) is 84.6 cm³/mol. The summed E-state index contributed by atoms with van der Waals surface area (Å²) >= 11 is 0. The molecule has 1 amide bonds. The van der Waals surface area contributed by atoms with Crippen molar-refractivity contribution in [3.05, 3.63) is 46.6 Å². The van der Waals surface area contributed by atoms with Crippen molar-refractivity contribution in [3.8, 4) is 5.88 Å². The maximum absolute atomic E-state index is 13.2. The Hall–Kier alpha value is -2.51. The molecule has 0 N–H and O–H groups in total. The molecule has 0 atom stereocenters. The summed E-state index contributed by atoms with van der Waals surface area (Å²) in [6.45, 7) is 0.529. The van der Waals surface area contributed by atoms with Crippen LogP contribution in [0.2, 0.25) is 0 Å². The smallest absolute Gasteiger partial charge is 0.435 e. The van der Waals surface area contributed by atoms with Gasteiger partial charge in [0.05, 0.1) is 13.2 Å². The highest BCUT2D eigenvalue weighted by atomic mass is 19.4. The molecule has 1 aliphatic rings. The quantitative estimate of drug-likeness (QED) is 0.852. The van der Waals surface area contributed by atoms with Gasteiger partial charge in [-0.05, 0) is 30.5 Å². The number of fused-ring (bicyclic) bond motifs is 1. The van der Waals surface area contributed by atoms with Crippen molar-refractivity contribution in [3.63, 3.8) is 0 Å². The Kier molecular flexibility index (Phi) is 4.45. The molecule has 8 heteroatoms. The van der Waals surface area contributed by atoms with Crippen molar-refractivity contribution in [1.29, 1.82) is 0 Å². The number of nitrogens with zero attached hydrogens (tertiary/aromatic N) is 3. The van der Waals surface area contributed by atoms with Crippen LogP contribution in [0.3, 0.4) is 0 Å². The van der Waals surface area contributed by atoms with Crippen molar-refractivity contribution in [1.82, 2.24) is 14.7 Å². The summed E-state index contributed by atoms with van der Waals surface area (Å²) in [6, 6.07) is 6.72. The standard InChI is InChI=1S/C17H18F3N3O2/c1-22(2)15(24)12-7-5-11(6-8-12)10-23-16-13(4-3-9-25-16)14(21-23)17(18,19)20/h5-8H,3-4,9-10H2,1-2H3. The summed E-state index contributed by atoms with van der Waals surface area (Å²) in [5, 5.41) is 3.74. The monoisotopic (exact) mass is 353 g/mol. The van der Waals surface area contributed by atoms with Crippen LogP contribution >= 0.6 is 0 Å². The normalized spacial score (nSPS) is 14.0. The molecule has 2 aromatic rings. The topological polar surface area (TPSA) is 47.4 Å². The van der Waals surface area contributed by atoms with Crippen molar-refractivity contribution in [2.75, 3.05) is 20.7 Å². The number of alkyl halides is 3. The second-order valence-corrected chi connectivity index (χ2v) is 6.14. The SMILES string of the molecule is CN(C)C(=O)c1ccc(Cn2nc(C(F)(F)F)c3c2OCCC3)cc1. The van der Waals surface area contributed by atoms with E-state index in [4.69, 9.17) is 4.74 Å². The Morgan fingerprint density at radius 2 is 1.96 bits per heavy atom. The first-order valence-corrected chi connectivity index (χ1v) is 7.87. The molecule has 0 saturated heterocycles. The number of carbonyl (C=O) groups is 1. The second kappa shape index (κ2) is 6.42. The predicted octanol–water partition coefficient (Wildman–Crippen LogP) is 2.98. The van der Waals surface area contributed by atoms with Crippen molar-refractivity contribution in [2.45, 2.75) is 25.6 Å². The van der Waals surface area contributed by atoms with Gasteiger partial charge in [-0.15, -0.1) is 0 Å². The number of halogens is 3. The van der Waals surface area contributed by atoms with Gasteiger partial charge in [0, 0.05) is 25.2 Å². The lowest BCUT2D eigenvalue weighted by molar-refractivity contribution is -0.142. The summed E-state index contributed by atoms with van der Waals surface area (Å²) < 4.78 is 46.2. The van der Waals surface area contributed by atoms with Crippen LogP contribution in [0.4, 0.5) is 13.2 Å². The molecule has 1 aliphatic heterocycles. The van der Waals surface area contributed by atoms with Crippen LogP contribution in [0.15, 0.2) is 24.3 Å². The van der Waals surface area contributed by atoms with Crippen LogP contribution in [-0.2, 0) is 19.1 Å². The molecule has 0 radical (unpaired) electrons. The van der Waals surface area contributed by atoms with E-state index in [-0.39, 0.29) is 23.9 Å².